The van der Waals surface area contributed by atoms with Crippen LogP contribution in [0.25, 0.3) is 0 Å². The van der Waals surface area contributed by atoms with Crippen molar-refractivity contribution < 1.29 is 13.7 Å². The predicted molar refractivity (Wildman–Crippen MR) is 102 cm³/mol. The van der Waals surface area contributed by atoms with E-state index < -0.39 is 0 Å². The molecule has 7 nitrogen and oxygen atoms in total. The van der Waals surface area contributed by atoms with Crippen LogP contribution < -0.4 is 5.32 Å². The van der Waals surface area contributed by atoms with Crippen LogP contribution in [0.3, 0.4) is 0 Å². The molecule has 0 aliphatic carbocycles. The second kappa shape index (κ2) is 8.69. The van der Waals surface area contributed by atoms with Gasteiger partial charge in [-0.3, -0.25) is 9.69 Å². The van der Waals surface area contributed by atoms with Crippen LogP contribution in [0.4, 0.5) is 0 Å². The summed E-state index contributed by atoms with van der Waals surface area (Å²) in [5.74, 6) is 2.87. The topological polar surface area (TPSA) is 84.4 Å². The Balaban J connectivity index is 1.50. The van der Waals surface area contributed by atoms with E-state index in [0.29, 0.717) is 17.2 Å². The van der Waals surface area contributed by atoms with Gasteiger partial charge in [0.05, 0.1) is 11.6 Å². The van der Waals surface area contributed by atoms with Crippen molar-refractivity contribution in [3.8, 4) is 0 Å². The van der Waals surface area contributed by atoms with E-state index in [2.05, 4.69) is 34.2 Å². The average Bonchev–Trinajstić information content (AvgIpc) is 3.26. The number of hydrogen-bond acceptors (Lipinski definition) is 6. The summed E-state index contributed by atoms with van der Waals surface area (Å²) < 4.78 is 10.9. The molecule has 1 N–H and O–H groups in total. The van der Waals surface area contributed by atoms with Crippen molar-refractivity contribution in [2.45, 2.75) is 71.9 Å². The molecule has 27 heavy (non-hydrogen) atoms. The molecule has 0 radical (unpaired) electrons. The Hall–Kier alpha value is -2.15. The summed E-state index contributed by atoms with van der Waals surface area (Å²) in [5, 5.41) is 7.23. The third-order valence-corrected chi connectivity index (χ3v) is 5.29. The standard InChI is InChI=1S/C20H30N4O3/c1-5-6-7-18-22-20(27-23-18)14(3)24-10-8-16(9-11-24)21-19(25)17-12-13(2)26-15(17)4/h12,14,16H,5-11H2,1-4H3,(H,21,25). The summed E-state index contributed by atoms with van der Waals surface area (Å²) in [6.07, 6.45) is 4.88. The highest BCUT2D eigenvalue weighted by molar-refractivity contribution is 5.95. The SMILES string of the molecule is CCCCc1noc(C(C)N2CCC(NC(=O)c3cc(C)oc3C)CC2)n1. The van der Waals surface area contributed by atoms with Crippen LogP contribution in [-0.4, -0.2) is 40.1 Å². The van der Waals surface area contributed by atoms with Gasteiger partial charge in [-0.15, -0.1) is 0 Å². The number of carbonyl (C=O) groups is 1. The Labute approximate surface area is 160 Å². The number of amides is 1. The van der Waals surface area contributed by atoms with E-state index in [1.807, 2.05) is 13.8 Å². The monoisotopic (exact) mass is 374 g/mol. The van der Waals surface area contributed by atoms with Crippen LogP contribution in [-0.2, 0) is 6.42 Å². The van der Waals surface area contributed by atoms with Gasteiger partial charge in [-0.05, 0) is 46.1 Å². The number of hydrogen-bond donors (Lipinski definition) is 1. The van der Waals surface area contributed by atoms with Crippen LogP contribution in [0.5, 0.6) is 0 Å². The third kappa shape index (κ3) is 4.77. The van der Waals surface area contributed by atoms with E-state index in [-0.39, 0.29) is 18.0 Å². The fourth-order valence-corrected chi connectivity index (χ4v) is 3.58. The van der Waals surface area contributed by atoms with Crippen molar-refractivity contribution in [1.29, 1.82) is 0 Å². The van der Waals surface area contributed by atoms with Crippen molar-refractivity contribution in [3.63, 3.8) is 0 Å². The third-order valence-electron chi connectivity index (χ3n) is 5.29. The maximum absolute atomic E-state index is 12.5. The molecule has 0 aromatic carbocycles. The first-order valence-electron chi connectivity index (χ1n) is 9.92. The zero-order valence-corrected chi connectivity index (χ0v) is 16.7. The minimum atomic E-state index is -0.0479. The number of furan rings is 1. The van der Waals surface area contributed by atoms with Gasteiger partial charge >= 0.3 is 0 Å². The second-order valence-electron chi connectivity index (χ2n) is 7.44. The number of carbonyl (C=O) groups excluding carboxylic acids is 1. The molecule has 2 aromatic heterocycles. The highest BCUT2D eigenvalue weighted by Gasteiger charge is 2.28. The van der Waals surface area contributed by atoms with Gasteiger partial charge in [0.25, 0.3) is 5.91 Å². The fraction of sp³-hybridized carbons (Fsp3) is 0.650. The van der Waals surface area contributed by atoms with Gasteiger partial charge < -0.3 is 14.3 Å². The molecule has 1 saturated heterocycles. The molecular weight excluding hydrogens is 344 g/mol. The molecule has 1 aliphatic heterocycles. The second-order valence-corrected chi connectivity index (χ2v) is 7.44. The van der Waals surface area contributed by atoms with Crippen molar-refractivity contribution in [1.82, 2.24) is 20.4 Å². The summed E-state index contributed by atoms with van der Waals surface area (Å²) >= 11 is 0. The fourth-order valence-electron chi connectivity index (χ4n) is 3.58. The zero-order valence-electron chi connectivity index (χ0n) is 16.7. The highest BCUT2D eigenvalue weighted by Crippen LogP contribution is 2.24. The van der Waals surface area contributed by atoms with Crippen molar-refractivity contribution in [2.24, 2.45) is 0 Å². The van der Waals surface area contributed by atoms with Crippen molar-refractivity contribution in [2.75, 3.05) is 13.1 Å². The first-order chi connectivity index (χ1) is 13.0. The summed E-state index contributed by atoms with van der Waals surface area (Å²) in [5.41, 5.74) is 0.633. The van der Waals surface area contributed by atoms with Gasteiger partial charge in [-0.1, -0.05) is 18.5 Å². The van der Waals surface area contributed by atoms with Gasteiger partial charge in [-0.2, -0.15) is 4.98 Å². The molecule has 7 heteroatoms. The number of unbranched alkanes of at least 4 members (excludes halogenated alkanes) is 1. The van der Waals surface area contributed by atoms with Gasteiger partial charge in [0.15, 0.2) is 5.82 Å². The summed E-state index contributed by atoms with van der Waals surface area (Å²) in [6.45, 7) is 9.72. The number of aryl methyl sites for hydroxylation is 3. The summed E-state index contributed by atoms with van der Waals surface area (Å²) in [7, 11) is 0. The first kappa shape index (κ1) is 19.6. The Morgan fingerprint density at radius 3 is 2.74 bits per heavy atom. The zero-order chi connectivity index (χ0) is 19.4. The maximum Gasteiger partial charge on any atom is 0.255 e. The van der Waals surface area contributed by atoms with Gasteiger partial charge in [0.2, 0.25) is 5.89 Å². The predicted octanol–water partition coefficient (Wildman–Crippen LogP) is 3.58. The summed E-state index contributed by atoms with van der Waals surface area (Å²) in [6, 6.07) is 2.08. The molecule has 3 rings (SSSR count). The lowest BCUT2D eigenvalue weighted by Gasteiger charge is -2.34. The van der Waals surface area contributed by atoms with Gasteiger partial charge in [0.1, 0.15) is 11.5 Å². The van der Waals surface area contributed by atoms with Crippen LogP contribution in [0.1, 0.15) is 79.2 Å². The molecule has 3 heterocycles. The number of likely N-dealkylation sites (tertiary alicyclic amines) is 1. The molecule has 0 saturated carbocycles. The Morgan fingerprint density at radius 2 is 2.11 bits per heavy atom. The lowest BCUT2D eigenvalue weighted by Crippen LogP contribution is -2.45. The lowest BCUT2D eigenvalue weighted by molar-refractivity contribution is 0.0880. The molecule has 2 aromatic rings. The molecule has 1 unspecified atom stereocenters. The number of rotatable bonds is 7. The Bertz CT molecular complexity index is 759. The average molecular weight is 374 g/mol. The van der Waals surface area contributed by atoms with E-state index in [1.54, 1.807) is 6.07 Å². The van der Waals surface area contributed by atoms with Crippen LogP contribution in [0, 0.1) is 13.8 Å². The minimum Gasteiger partial charge on any atom is -0.466 e. The highest BCUT2D eigenvalue weighted by atomic mass is 16.5. The van der Waals surface area contributed by atoms with Crippen LogP contribution in [0.2, 0.25) is 0 Å². The van der Waals surface area contributed by atoms with Crippen LogP contribution in [0.15, 0.2) is 15.0 Å². The van der Waals surface area contributed by atoms with E-state index in [9.17, 15) is 4.79 Å². The maximum atomic E-state index is 12.5. The molecule has 0 bridgehead atoms. The van der Waals surface area contributed by atoms with Crippen molar-refractivity contribution in [3.05, 3.63) is 34.9 Å². The van der Waals surface area contributed by atoms with E-state index in [1.165, 1.54) is 0 Å². The number of piperidine rings is 1. The first-order valence-corrected chi connectivity index (χ1v) is 9.92. The smallest absolute Gasteiger partial charge is 0.255 e. The minimum absolute atomic E-state index is 0.0479. The molecule has 1 amide bonds. The van der Waals surface area contributed by atoms with Gasteiger partial charge in [0, 0.05) is 25.6 Å². The number of aromatic nitrogens is 2. The van der Waals surface area contributed by atoms with Gasteiger partial charge in [-0.25, -0.2) is 0 Å². The molecule has 1 aliphatic rings. The Kier molecular flexibility index (Phi) is 6.31. The van der Waals surface area contributed by atoms with E-state index >= 15 is 0 Å². The van der Waals surface area contributed by atoms with Crippen molar-refractivity contribution >= 4 is 5.91 Å². The number of nitrogens with zero attached hydrogens (tertiary/aromatic N) is 3. The molecular formula is C20H30N4O3. The normalized spacial score (nSPS) is 17.2. The van der Waals surface area contributed by atoms with Crippen LogP contribution >= 0.6 is 0 Å². The molecule has 1 atom stereocenters. The molecule has 1 fully saturated rings. The summed E-state index contributed by atoms with van der Waals surface area (Å²) in [4.78, 5) is 19.3. The van der Waals surface area contributed by atoms with E-state index in [0.717, 1.165) is 56.8 Å². The lowest BCUT2D eigenvalue weighted by atomic mass is 10.0. The quantitative estimate of drug-likeness (QED) is 0.797. The number of nitrogens with one attached hydrogen (secondary N) is 1. The van der Waals surface area contributed by atoms with E-state index in [4.69, 9.17) is 8.94 Å². The molecule has 148 valence electrons. The molecule has 0 spiro atoms. The largest absolute Gasteiger partial charge is 0.466 e. The Morgan fingerprint density at radius 1 is 1.37 bits per heavy atom.